The molecule has 5 nitrogen and oxygen atoms in total. The molecule has 124 valence electrons. The first-order valence-corrected chi connectivity index (χ1v) is 8.31. The van der Waals surface area contributed by atoms with Crippen LogP contribution in [0.2, 0.25) is 0 Å². The molecule has 0 fully saturated rings. The van der Waals surface area contributed by atoms with Gasteiger partial charge in [-0.2, -0.15) is 5.10 Å². The molecule has 1 aromatic heterocycles. The minimum Gasteiger partial charge on any atom is -0.385 e. The quantitative estimate of drug-likeness (QED) is 0.584. The lowest BCUT2D eigenvalue weighted by Gasteiger charge is -2.09. The zero-order valence-electron chi connectivity index (χ0n) is 13.6. The second-order valence-electron chi connectivity index (χ2n) is 5.80. The summed E-state index contributed by atoms with van der Waals surface area (Å²) < 4.78 is 0. The Labute approximate surface area is 140 Å². The van der Waals surface area contributed by atoms with Crippen LogP contribution in [0.15, 0.2) is 53.3 Å². The van der Waals surface area contributed by atoms with E-state index in [1.54, 1.807) is 0 Å². The van der Waals surface area contributed by atoms with Gasteiger partial charge in [-0.05, 0) is 37.6 Å². The Bertz CT molecular complexity index is 872. The van der Waals surface area contributed by atoms with Crippen molar-refractivity contribution in [1.29, 1.82) is 0 Å². The number of nitrogens with one attached hydrogen (secondary N) is 2. The van der Waals surface area contributed by atoms with Crippen molar-refractivity contribution >= 4 is 16.5 Å². The van der Waals surface area contributed by atoms with Crippen LogP contribution in [-0.2, 0) is 0 Å². The summed E-state index contributed by atoms with van der Waals surface area (Å²) in [6.45, 7) is 1.67. The second-order valence-corrected chi connectivity index (χ2v) is 5.80. The smallest absolute Gasteiger partial charge is 0.272 e. The van der Waals surface area contributed by atoms with Crippen LogP contribution in [0.4, 0.5) is 5.69 Å². The summed E-state index contributed by atoms with van der Waals surface area (Å²) in [5, 5.41) is 11.8. The van der Waals surface area contributed by atoms with Crippen molar-refractivity contribution in [3.8, 4) is 11.3 Å². The lowest BCUT2D eigenvalue weighted by atomic mass is 10.0. The summed E-state index contributed by atoms with van der Waals surface area (Å²) in [5.41, 5.74) is 8.17. The fraction of sp³-hybridized carbons (Fsp3) is 0.263. The number of nitrogens with zero attached hydrogens (tertiary/aromatic N) is 1. The molecule has 0 saturated carbocycles. The van der Waals surface area contributed by atoms with E-state index in [2.05, 4.69) is 21.6 Å². The van der Waals surface area contributed by atoms with Crippen LogP contribution < -0.4 is 16.6 Å². The highest BCUT2D eigenvalue weighted by atomic mass is 16.1. The summed E-state index contributed by atoms with van der Waals surface area (Å²) in [6, 6.07) is 15.6. The maximum absolute atomic E-state index is 11.9. The minimum atomic E-state index is -0.163. The normalized spacial score (nSPS) is 10.9. The molecule has 5 heteroatoms. The number of rotatable bonds is 7. The van der Waals surface area contributed by atoms with E-state index >= 15 is 0 Å². The Hall–Kier alpha value is -2.66. The molecule has 0 aliphatic carbocycles. The predicted molar refractivity (Wildman–Crippen MR) is 99.2 cm³/mol. The molecule has 0 radical (unpaired) electrons. The third kappa shape index (κ3) is 3.63. The standard InChI is InChI=1S/C19H22N4O/c20-11-4-1-5-12-21-15-8-6-7-14(13-15)18-16-9-2-3-10-17(16)19(24)23-22-18/h2-3,6-10,13,21H,1,4-5,11-12,20H2,(H,23,24). The molecule has 0 unspecified atom stereocenters. The molecular weight excluding hydrogens is 300 g/mol. The van der Waals surface area contributed by atoms with Crippen LogP contribution in [0.3, 0.4) is 0 Å². The fourth-order valence-corrected chi connectivity index (χ4v) is 2.79. The van der Waals surface area contributed by atoms with Gasteiger partial charge in [0.1, 0.15) is 0 Å². The van der Waals surface area contributed by atoms with Gasteiger partial charge in [-0.3, -0.25) is 4.79 Å². The second kappa shape index (κ2) is 7.75. The Morgan fingerprint density at radius 3 is 2.67 bits per heavy atom. The number of nitrogens with two attached hydrogens (primary N) is 1. The highest BCUT2D eigenvalue weighted by Gasteiger charge is 2.08. The summed E-state index contributed by atoms with van der Waals surface area (Å²) in [6.07, 6.45) is 3.30. The topological polar surface area (TPSA) is 83.8 Å². The number of anilines is 1. The Kier molecular flexibility index (Phi) is 5.23. The van der Waals surface area contributed by atoms with Gasteiger partial charge in [-0.15, -0.1) is 0 Å². The first-order chi connectivity index (χ1) is 11.8. The molecule has 24 heavy (non-hydrogen) atoms. The number of aromatic nitrogens is 2. The van der Waals surface area contributed by atoms with Crippen molar-refractivity contribution in [3.05, 3.63) is 58.9 Å². The molecule has 0 amide bonds. The predicted octanol–water partition coefficient (Wildman–Crippen LogP) is 3.13. The van der Waals surface area contributed by atoms with Crippen LogP contribution in [0, 0.1) is 0 Å². The van der Waals surface area contributed by atoms with Crippen LogP contribution >= 0.6 is 0 Å². The number of aromatic amines is 1. The third-order valence-electron chi connectivity index (χ3n) is 4.04. The van der Waals surface area contributed by atoms with Crippen molar-refractivity contribution in [1.82, 2.24) is 10.2 Å². The molecule has 0 bridgehead atoms. The van der Waals surface area contributed by atoms with Crippen LogP contribution in [0.5, 0.6) is 0 Å². The summed E-state index contributed by atoms with van der Waals surface area (Å²) in [5.74, 6) is 0. The van der Waals surface area contributed by atoms with Gasteiger partial charge in [0, 0.05) is 23.2 Å². The van der Waals surface area contributed by atoms with Gasteiger partial charge in [-0.25, -0.2) is 5.10 Å². The maximum Gasteiger partial charge on any atom is 0.272 e. The van der Waals surface area contributed by atoms with Crippen LogP contribution in [0.1, 0.15) is 19.3 Å². The molecule has 0 spiro atoms. The Morgan fingerprint density at radius 2 is 1.83 bits per heavy atom. The van der Waals surface area contributed by atoms with Crippen molar-refractivity contribution in [2.45, 2.75) is 19.3 Å². The third-order valence-corrected chi connectivity index (χ3v) is 4.04. The first-order valence-electron chi connectivity index (χ1n) is 8.31. The number of unbranched alkanes of at least 4 members (excludes halogenated alkanes) is 2. The van der Waals surface area contributed by atoms with E-state index < -0.39 is 0 Å². The zero-order valence-corrected chi connectivity index (χ0v) is 13.6. The minimum absolute atomic E-state index is 0.163. The SMILES string of the molecule is NCCCCCNc1cccc(-c2n[nH]c(=O)c3ccccc23)c1. The molecule has 3 aromatic rings. The molecule has 1 heterocycles. The lowest BCUT2D eigenvalue weighted by molar-refractivity contribution is 0.707. The Morgan fingerprint density at radius 1 is 1.00 bits per heavy atom. The summed E-state index contributed by atoms with van der Waals surface area (Å²) in [4.78, 5) is 11.9. The van der Waals surface area contributed by atoms with Gasteiger partial charge in [0.25, 0.3) is 5.56 Å². The van der Waals surface area contributed by atoms with Gasteiger partial charge < -0.3 is 11.1 Å². The fourth-order valence-electron chi connectivity index (χ4n) is 2.79. The van der Waals surface area contributed by atoms with E-state index in [1.165, 1.54) is 0 Å². The largest absolute Gasteiger partial charge is 0.385 e. The first kappa shape index (κ1) is 16.2. The lowest BCUT2D eigenvalue weighted by Crippen LogP contribution is -2.09. The number of fused-ring (bicyclic) bond motifs is 1. The number of benzene rings is 2. The van der Waals surface area contributed by atoms with E-state index in [4.69, 9.17) is 5.73 Å². The maximum atomic E-state index is 11.9. The molecule has 0 aliphatic heterocycles. The average molecular weight is 322 g/mol. The van der Waals surface area contributed by atoms with Crippen molar-refractivity contribution in [2.24, 2.45) is 5.73 Å². The van der Waals surface area contributed by atoms with E-state index in [1.807, 2.05) is 42.5 Å². The van der Waals surface area contributed by atoms with Crippen LogP contribution in [-0.4, -0.2) is 23.3 Å². The molecule has 0 saturated heterocycles. The van der Waals surface area contributed by atoms with Crippen molar-refractivity contribution in [3.63, 3.8) is 0 Å². The van der Waals surface area contributed by atoms with Gasteiger partial charge >= 0.3 is 0 Å². The number of hydrogen-bond donors (Lipinski definition) is 3. The van der Waals surface area contributed by atoms with Crippen molar-refractivity contribution < 1.29 is 0 Å². The van der Waals surface area contributed by atoms with E-state index in [-0.39, 0.29) is 5.56 Å². The molecule has 0 atom stereocenters. The molecule has 4 N–H and O–H groups in total. The summed E-state index contributed by atoms with van der Waals surface area (Å²) >= 11 is 0. The van der Waals surface area contributed by atoms with E-state index in [9.17, 15) is 4.79 Å². The van der Waals surface area contributed by atoms with Crippen molar-refractivity contribution in [2.75, 3.05) is 18.4 Å². The number of H-pyrrole nitrogens is 1. The molecule has 2 aromatic carbocycles. The molecule has 0 aliphatic rings. The molecule has 3 rings (SSSR count). The molecular formula is C19H22N4O. The van der Waals surface area contributed by atoms with Gasteiger partial charge in [0.2, 0.25) is 0 Å². The Balaban J connectivity index is 1.84. The van der Waals surface area contributed by atoms with E-state index in [0.717, 1.165) is 54.7 Å². The van der Waals surface area contributed by atoms with Gasteiger partial charge in [-0.1, -0.05) is 36.8 Å². The highest BCUT2D eigenvalue weighted by Crippen LogP contribution is 2.26. The van der Waals surface area contributed by atoms with Gasteiger partial charge in [0.05, 0.1) is 11.1 Å². The van der Waals surface area contributed by atoms with Crippen LogP contribution in [0.25, 0.3) is 22.0 Å². The highest BCUT2D eigenvalue weighted by molar-refractivity contribution is 5.94. The number of hydrogen-bond acceptors (Lipinski definition) is 4. The average Bonchev–Trinajstić information content (AvgIpc) is 2.62. The van der Waals surface area contributed by atoms with Gasteiger partial charge in [0.15, 0.2) is 0 Å². The monoisotopic (exact) mass is 322 g/mol. The summed E-state index contributed by atoms with van der Waals surface area (Å²) in [7, 11) is 0. The zero-order chi connectivity index (χ0) is 16.8. The van der Waals surface area contributed by atoms with E-state index in [0.29, 0.717) is 5.39 Å².